The average Bonchev–Trinajstić information content (AvgIpc) is 2.77. The first-order valence-electron chi connectivity index (χ1n) is 9.82. The first-order chi connectivity index (χ1) is 14.9. The maximum Gasteiger partial charge on any atom is 0.407 e. The number of pyridine rings is 1. The van der Waals surface area contributed by atoms with Crippen LogP contribution >= 0.6 is 11.6 Å². The SMILES string of the molecule is CC1CN(C(=O)c2ccc3c(Cl)cc(-c4ccc(C=O)cc4)nc3c2)CCN1C(=O)O. The van der Waals surface area contributed by atoms with Gasteiger partial charge in [0.1, 0.15) is 6.29 Å². The Bertz CT molecular complexity index is 1180. The zero-order chi connectivity index (χ0) is 22.1. The molecule has 1 saturated heterocycles. The number of aromatic nitrogens is 1. The summed E-state index contributed by atoms with van der Waals surface area (Å²) < 4.78 is 0. The number of aldehydes is 1. The van der Waals surface area contributed by atoms with Crippen LogP contribution < -0.4 is 0 Å². The summed E-state index contributed by atoms with van der Waals surface area (Å²) in [5, 5.41) is 10.5. The van der Waals surface area contributed by atoms with Crippen molar-refractivity contribution < 1.29 is 19.5 Å². The Morgan fingerprint density at radius 3 is 2.52 bits per heavy atom. The zero-order valence-electron chi connectivity index (χ0n) is 16.8. The van der Waals surface area contributed by atoms with Gasteiger partial charge in [0.15, 0.2) is 0 Å². The number of benzene rings is 2. The highest BCUT2D eigenvalue weighted by Crippen LogP contribution is 2.29. The summed E-state index contributed by atoms with van der Waals surface area (Å²) in [4.78, 5) is 42.9. The molecule has 1 atom stereocenters. The van der Waals surface area contributed by atoms with E-state index in [0.717, 1.165) is 17.2 Å². The third kappa shape index (κ3) is 4.09. The summed E-state index contributed by atoms with van der Waals surface area (Å²) in [5.41, 5.74) is 3.08. The Hall–Kier alpha value is -3.45. The molecule has 1 fully saturated rings. The van der Waals surface area contributed by atoms with Gasteiger partial charge in [0.05, 0.1) is 16.2 Å². The molecule has 0 aliphatic carbocycles. The number of carboxylic acid groups (broad SMARTS) is 1. The van der Waals surface area contributed by atoms with Crippen LogP contribution in [0.3, 0.4) is 0 Å². The lowest BCUT2D eigenvalue weighted by Gasteiger charge is -2.38. The Labute approximate surface area is 183 Å². The van der Waals surface area contributed by atoms with Gasteiger partial charge in [0.25, 0.3) is 5.91 Å². The van der Waals surface area contributed by atoms with Crippen LogP contribution in [0.2, 0.25) is 5.02 Å². The number of hydrogen-bond donors (Lipinski definition) is 1. The molecule has 1 aliphatic heterocycles. The quantitative estimate of drug-likeness (QED) is 0.620. The molecule has 1 aliphatic rings. The maximum atomic E-state index is 13.0. The molecule has 7 nitrogen and oxygen atoms in total. The lowest BCUT2D eigenvalue weighted by Crippen LogP contribution is -2.55. The number of carbonyl (C=O) groups is 3. The van der Waals surface area contributed by atoms with Crippen LogP contribution in [0.25, 0.3) is 22.2 Å². The van der Waals surface area contributed by atoms with Crippen molar-refractivity contribution in [1.82, 2.24) is 14.8 Å². The van der Waals surface area contributed by atoms with E-state index in [2.05, 4.69) is 4.98 Å². The molecule has 0 radical (unpaired) electrons. The van der Waals surface area contributed by atoms with Crippen molar-refractivity contribution in [1.29, 1.82) is 0 Å². The fourth-order valence-electron chi connectivity index (χ4n) is 3.81. The van der Waals surface area contributed by atoms with Crippen molar-refractivity contribution >= 4 is 40.8 Å². The number of hydrogen-bond acceptors (Lipinski definition) is 4. The van der Waals surface area contributed by atoms with Crippen LogP contribution in [0.5, 0.6) is 0 Å². The van der Waals surface area contributed by atoms with E-state index in [0.29, 0.717) is 40.4 Å². The Morgan fingerprint density at radius 1 is 1.13 bits per heavy atom. The first-order valence-corrected chi connectivity index (χ1v) is 10.2. The zero-order valence-corrected chi connectivity index (χ0v) is 17.5. The van der Waals surface area contributed by atoms with Gasteiger partial charge in [-0.3, -0.25) is 9.59 Å². The average molecular weight is 438 g/mol. The van der Waals surface area contributed by atoms with Gasteiger partial charge in [0, 0.05) is 47.8 Å². The van der Waals surface area contributed by atoms with E-state index < -0.39 is 6.09 Å². The molecular weight excluding hydrogens is 418 g/mol. The van der Waals surface area contributed by atoms with Crippen LogP contribution in [0.4, 0.5) is 4.79 Å². The van der Waals surface area contributed by atoms with Crippen LogP contribution in [0, 0.1) is 0 Å². The van der Waals surface area contributed by atoms with Gasteiger partial charge in [-0.1, -0.05) is 41.9 Å². The number of rotatable bonds is 3. The third-order valence-electron chi connectivity index (χ3n) is 5.51. The van der Waals surface area contributed by atoms with Crippen molar-refractivity contribution in [2.24, 2.45) is 0 Å². The Morgan fingerprint density at radius 2 is 1.87 bits per heavy atom. The highest BCUT2D eigenvalue weighted by Gasteiger charge is 2.30. The topological polar surface area (TPSA) is 90.8 Å². The molecule has 3 aromatic rings. The summed E-state index contributed by atoms with van der Waals surface area (Å²) in [6.45, 7) is 2.74. The van der Waals surface area contributed by atoms with Crippen LogP contribution in [-0.4, -0.2) is 63.9 Å². The molecule has 31 heavy (non-hydrogen) atoms. The largest absolute Gasteiger partial charge is 0.465 e. The van der Waals surface area contributed by atoms with Crippen molar-refractivity contribution in [3.05, 3.63) is 64.7 Å². The van der Waals surface area contributed by atoms with Gasteiger partial charge in [-0.15, -0.1) is 0 Å². The summed E-state index contributed by atoms with van der Waals surface area (Å²) in [5.74, 6) is -0.169. The lowest BCUT2D eigenvalue weighted by molar-refractivity contribution is 0.0507. The van der Waals surface area contributed by atoms with E-state index in [1.54, 1.807) is 60.4 Å². The number of piperazine rings is 1. The number of amides is 2. The highest BCUT2D eigenvalue weighted by molar-refractivity contribution is 6.35. The summed E-state index contributed by atoms with van der Waals surface area (Å²) >= 11 is 6.46. The Kier molecular flexibility index (Phi) is 5.61. The van der Waals surface area contributed by atoms with Crippen LogP contribution in [0.1, 0.15) is 27.6 Å². The lowest BCUT2D eigenvalue weighted by atomic mass is 10.1. The fourth-order valence-corrected chi connectivity index (χ4v) is 4.07. The second-order valence-corrected chi connectivity index (χ2v) is 7.94. The number of fused-ring (bicyclic) bond motifs is 1. The van der Waals surface area contributed by atoms with Gasteiger partial charge in [0.2, 0.25) is 0 Å². The van der Waals surface area contributed by atoms with E-state index >= 15 is 0 Å². The molecule has 4 rings (SSSR count). The summed E-state index contributed by atoms with van der Waals surface area (Å²) in [6.07, 6.45) is -0.197. The standard InChI is InChI=1S/C23H20ClN3O4/c1-14-12-26(8-9-27(14)23(30)31)22(29)17-6-7-18-19(24)11-20(25-21(18)10-17)16-4-2-15(13-28)3-5-16/h2-7,10-11,13-14H,8-9,12H2,1H3,(H,30,31). The predicted octanol–water partition coefficient (Wildman–Crippen LogP) is 4.19. The van der Waals surface area contributed by atoms with Crippen molar-refractivity contribution in [2.75, 3.05) is 19.6 Å². The molecule has 2 amide bonds. The molecule has 2 heterocycles. The van der Waals surface area contributed by atoms with Gasteiger partial charge in [-0.05, 0) is 25.1 Å². The second kappa shape index (κ2) is 8.35. The summed E-state index contributed by atoms with van der Waals surface area (Å²) in [6, 6.07) is 13.7. The molecule has 1 aromatic heterocycles. The molecular formula is C23H20ClN3O4. The normalized spacial score (nSPS) is 16.4. The maximum absolute atomic E-state index is 13.0. The van der Waals surface area contributed by atoms with Gasteiger partial charge >= 0.3 is 6.09 Å². The molecule has 1 unspecified atom stereocenters. The third-order valence-corrected chi connectivity index (χ3v) is 5.82. The molecule has 1 N–H and O–H groups in total. The van der Waals surface area contributed by atoms with Crippen molar-refractivity contribution in [3.63, 3.8) is 0 Å². The highest BCUT2D eigenvalue weighted by atomic mass is 35.5. The first kappa shape index (κ1) is 20.8. The number of carbonyl (C=O) groups excluding carboxylic acids is 2. The van der Waals surface area contributed by atoms with Crippen molar-refractivity contribution in [3.8, 4) is 11.3 Å². The molecule has 0 bridgehead atoms. The summed E-state index contributed by atoms with van der Waals surface area (Å²) in [7, 11) is 0. The van der Waals surface area contributed by atoms with Gasteiger partial charge in [-0.25, -0.2) is 9.78 Å². The molecule has 8 heteroatoms. The molecule has 0 saturated carbocycles. The van der Waals surface area contributed by atoms with Gasteiger partial charge in [-0.2, -0.15) is 0 Å². The second-order valence-electron chi connectivity index (χ2n) is 7.54. The smallest absolute Gasteiger partial charge is 0.407 e. The number of nitrogens with zero attached hydrogens (tertiary/aromatic N) is 3. The Balaban J connectivity index is 1.64. The van der Waals surface area contributed by atoms with E-state index in [9.17, 15) is 19.5 Å². The predicted molar refractivity (Wildman–Crippen MR) is 118 cm³/mol. The van der Waals surface area contributed by atoms with Crippen LogP contribution in [-0.2, 0) is 0 Å². The van der Waals surface area contributed by atoms with Gasteiger partial charge < -0.3 is 14.9 Å². The van der Waals surface area contributed by atoms with E-state index in [1.807, 2.05) is 0 Å². The minimum Gasteiger partial charge on any atom is -0.465 e. The fraction of sp³-hybridized carbons (Fsp3) is 0.217. The molecule has 158 valence electrons. The molecule has 2 aromatic carbocycles. The van der Waals surface area contributed by atoms with Crippen LogP contribution in [0.15, 0.2) is 48.5 Å². The molecule has 0 spiro atoms. The minimum absolute atomic E-state index is 0.169. The van der Waals surface area contributed by atoms with E-state index in [-0.39, 0.29) is 18.5 Å². The number of halogens is 1. The van der Waals surface area contributed by atoms with E-state index in [4.69, 9.17) is 11.6 Å². The minimum atomic E-state index is -0.974. The monoisotopic (exact) mass is 437 g/mol. The van der Waals surface area contributed by atoms with E-state index in [1.165, 1.54) is 4.90 Å². The van der Waals surface area contributed by atoms with Crippen molar-refractivity contribution in [2.45, 2.75) is 13.0 Å².